The molecule has 0 aliphatic rings. The van der Waals surface area contributed by atoms with Crippen molar-refractivity contribution in [1.29, 1.82) is 0 Å². The van der Waals surface area contributed by atoms with Gasteiger partial charge < -0.3 is 14.7 Å². The second-order valence-electron chi connectivity index (χ2n) is 6.95. The Morgan fingerprint density at radius 3 is 2.03 bits per heavy atom. The van der Waals surface area contributed by atoms with Crippen LogP contribution < -0.4 is 9.92 Å². The summed E-state index contributed by atoms with van der Waals surface area (Å²) in [6.07, 6.45) is 0.381. The van der Waals surface area contributed by atoms with E-state index in [1.807, 2.05) is 30.3 Å². The minimum Gasteiger partial charge on any atom is -0.469 e. The number of hydrogen-bond donors (Lipinski definition) is 1. The quantitative estimate of drug-likeness (QED) is 0.439. The third kappa shape index (κ3) is 5.25. The van der Waals surface area contributed by atoms with Crippen LogP contribution in [0.25, 0.3) is 0 Å². The summed E-state index contributed by atoms with van der Waals surface area (Å²) in [4.78, 5) is 12.1. The Morgan fingerprint density at radius 1 is 0.900 bits per heavy atom. The predicted octanol–water partition coefficient (Wildman–Crippen LogP) is 3.41. The van der Waals surface area contributed by atoms with Gasteiger partial charge in [0.15, 0.2) is 0 Å². The number of carbonyl (C=O) groups is 1. The van der Waals surface area contributed by atoms with Crippen LogP contribution >= 0.6 is 0 Å². The fourth-order valence-corrected chi connectivity index (χ4v) is 4.11. The molecule has 0 spiro atoms. The van der Waals surface area contributed by atoms with Gasteiger partial charge in [-0.1, -0.05) is 60.7 Å². The van der Waals surface area contributed by atoms with E-state index in [2.05, 4.69) is 0 Å². The molecule has 0 heterocycles. The lowest BCUT2D eigenvalue weighted by Crippen LogP contribution is -2.41. The molecule has 0 radical (unpaired) electrons. The molecule has 0 bridgehead atoms. The van der Waals surface area contributed by atoms with Crippen molar-refractivity contribution in [2.45, 2.75) is 23.3 Å². The zero-order valence-electron chi connectivity index (χ0n) is 16.5. The fourth-order valence-electron chi connectivity index (χ4n) is 3.16. The lowest BCUT2D eigenvalue weighted by molar-refractivity contribution is -0.142. The van der Waals surface area contributed by atoms with Gasteiger partial charge in [0.05, 0.1) is 19.1 Å². The van der Waals surface area contributed by atoms with Crippen molar-refractivity contribution in [2.24, 2.45) is 5.73 Å². The van der Waals surface area contributed by atoms with Crippen molar-refractivity contribution in [1.82, 2.24) is 0 Å². The molecule has 0 amide bonds. The van der Waals surface area contributed by atoms with E-state index in [1.54, 1.807) is 30.3 Å². The minimum absolute atomic E-state index is 0.0269. The van der Waals surface area contributed by atoms with Gasteiger partial charge in [-0.3, -0.25) is 4.79 Å². The van der Waals surface area contributed by atoms with Crippen molar-refractivity contribution in [3.8, 4) is 5.75 Å². The SMILES string of the molecule is COC(=O)CC(N)(Cc1ccccc1)c1ccc(OS(=O)(=O)c2ccccc2)cc1. The average Bonchev–Trinajstić information content (AvgIpc) is 2.75. The molecule has 0 aliphatic heterocycles. The number of esters is 1. The highest BCUT2D eigenvalue weighted by Gasteiger charge is 2.31. The largest absolute Gasteiger partial charge is 0.469 e. The first-order valence-electron chi connectivity index (χ1n) is 9.32. The Bertz CT molecular complexity index is 1080. The molecule has 0 fully saturated rings. The fraction of sp³-hybridized carbons (Fsp3) is 0.174. The normalized spacial score (nSPS) is 13.3. The summed E-state index contributed by atoms with van der Waals surface area (Å²) >= 11 is 0. The maximum atomic E-state index is 12.4. The second kappa shape index (κ2) is 9.11. The molecule has 7 heteroatoms. The van der Waals surface area contributed by atoms with E-state index in [1.165, 1.54) is 31.4 Å². The molecule has 3 aromatic carbocycles. The van der Waals surface area contributed by atoms with Crippen LogP contribution in [0.5, 0.6) is 5.75 Å². The maximum Gasteiger partial charge on any atom is 0.339 e. The summed E-state index contributed by atoms with van der Waals surface area (Å²) in [6, 6.07) is 23.9. The summed E-state index contributed by atoms with van der Waals surface area (Å²) < 4.78 is 34.8. The first-order valence-corrected chi connectivity index (χ1v) is 10.7. The van der Waals surface area contributed by atoms with Gasteiger partial charge in [-0.25, -0.2) is 0 Å². The summed E-state index contributed by atoms with van der Waals surface area (Å²) in [5.74, 6) is -0.275. The van der Waals surface area contributed by atoms with Crippen molar-refractivity contribution in [3.63, 3.8) is 0 Å². The van der Waals surface area contributed by atoms with Crippen LogP contribution in [0.1, 0.15) is 17.5 Å². The summed E-state index contributed by atoms with van der Waals surface area (Å²) in [5, 5.41) is 0. The maximum absolute atomic E-state index is 12.4. The van der Waals surface area contributed by atoms with E-state index in [0.717, 1.165) is 5.56 Å². The van der Waals surface area contributed by atoms with Gasteiger partial charge in [0, 0.05) is 0 Å². The molecule has 6 nitrogen and oxygen atoms in total. The van der Waals surface area contributed by atoms with Gasteiger partial charge in [0.25, 0.3) is 0 Å². The third-order valence-electron chi connectivity index (χ3n) is 4.72. The van der Waals surface area contributed by atoms with Crippen LogP contribution in [-0.4, -0.2) is 21.5 Å². The molecular weight excluding hydrogens is 402 g/mol. The zero-order valence-corrected chi connectivity index (χ0v) is 17.3. The zero-order chi connectivity index (χ0) is 21.6. The van der Waals surface area contributed by atoms with Gasteiger partial charge in [-0.2, -0.15) is 8.42 Å². The Morgan fingerprint density at radius 2 is 1.47 bits per heavy atom. The lowest BCUT2D eigenvalue weighted by atomic mass is 9.82. The number of carbonyl (C=O) groups excluding carboxylic acids is 1. The van der Waals surface area contributed by atoms with Crippen LogP contribution in [0.4, 0.5) is 0 Å². The molecule has 3 aromatic rings. The highest BCUT2D eigenvalue weighted by Crippen LogP contribution is 2.29. The molecule has 0 aromatic heterocycles. The Kier molecular flexibility index (Phi) is 6.54. The summed E-state index contributed by atoms with van der Waals surface area (Å²) in [7, 11) is -2.62. The number of nitrogens with two attached hydrogens (primary N) is 1. The van der Waals surface area contributed by atoms with Gasteiger partial charge in [0.1, 0.15) is 10.6 Å². The summed E-state index contributed by atoms with van der Waals surface area (Å²) in [5.41, 5.74) is 7.25. The number of methoxy groups -OCH3 is 1. The number of ether oxygens (including phenoxy) is 1. The van der Waals surface area contributed by atoms with Crippen molar-refractivity contribution >= 4 is 16.1 Å². The third-order valence-corrected chi connectivity index (χ3v) is 5.98. The van der Waals surface area contributed by atoms with Gasteiger partial charge in [-0.05, 0) is 41.8 Å². The van der Waals surface area contributed by atoms with Crippen LogP contribution in [0.3, 0.4) is 0 Å². The van der Waals surface area contributed by atoms with Crippen molar-refractivity contribution in [3.05, 3.63) is 96.1 Å². The molecule has 0 saturated carbocycles. The summed E-state index contributed by atoms with van der Waals surface area (Å²) in [6.45, 7) is 0. The molecule has 1 unspecified atom stereocenters. The molecule has 0 saturated heterocycles. The first kappa shape index (κ1) is 21.5. The van der Waals surface area contributed by atoms with E-state index in [-0.39, 0.29) is 17.1 Å². The number of hydrogen-bond acceptors (Lipinski definition) is 6. The molecule has 2 N–H and O–H groups in total. The minimum atomic E-state index is -3.94. The van der Waals surface area contributed by atoms with E-state index in [9.17, 15) is 13.2 Å². The van der Waals surface area contributed by atoms with E-state index in [0.29, 0.717) is 12.0 Å². The Hall–Kier alpha value is -3.16. The standard InChI is InChI=1S/C23H23NO5S/c1-28-22(25)17-23(24,16-18-8-4-2-5-9-18)19-12-14-20(15-13-19)29-30(26,27)21-10-6-3-7-11-21/h2-15H,16-17,24H2,1H3. The van der Waals surface area contributed by atoms with Crippen LogP contribution in [0.2, 0.25) is 0 Å². The van der Waals surface area contributed by atoms with Crippen LogP contribution in [0, 0.1) is 0 Å². The van der Waals surface area contributed by atoms with Crippen molar-refractivity contribution < 1.29 is 22.1 Å². The monoisotopic (exact) mass is 425 g/mol. The topological polar surface area (TPSA) is 95.7 Å². The molecule has 1 atom stereocenters. The highest BCUT2D eigenvalue weighted by atomic mass is 32.2. The van der Waals surface area contributed by atoms with E-state index < -0.39 is 21.6 Å². The van der Waals surface area contributed by atoms with Gasteiger partial charge in [0.2, 0.25) is 0 Å². The molecule has 3 rings (SSSR count). The van der Waals surface area contributed by atoms with Gasteiger partial charge >= 0.3 is 16.1 Å². The Balaban J connectivity index is 1.85. The Labute approximate surface area is 176 Å². The molecule has 30 heavy (non-hydrogen) atoms. The van der Waals surface area contributed by atoms with E-state index >= 15 is 0 Å². The highest BCUT2D eigenvalue weighted by molar-refractivity contribution is 7.87. The molecule has 156 valence electrons. The number of rotatable bonds is 8. The van der Waals surface area contributed by atoms with Crippen LogP contribution in [-0.2, 0) is 31.6 Å². The van der Waals surface area contributed by atoms with Crippen LogP contribution in [0.15, 0.2) is 89.8 Å². The van der Waals surface area contributed by atoms with Crippen molar-refractivity contribution in [2.75, 3.05) is 7.11 Å². The number of benzene rings is 3. The smallest absolute Gasteiger partial charge is 0.339 e. The van der Waals surface area contributed by atoms with Gasteiger partial charge in [-0.15, -0.1) is 0 Å². The average molecular weight is 426 g/mol. The predicted molar refractivity (Wildman–Crippen MR) is 113 cm³/mol. The first-order chi connectivity index (χ1) is 14.3. The van der Waals surface area contributed by atoms with E-state index in [4.69, 9.17) is 14.7 Å². The molecular formula is C23H23NO5S. The molecule has 0 aliphatic carbocycles. The second-order valence-corrected chi connectivity index (χ2v) is 8.49. The lowest BCUT2D eigenvalue weighted by Gasteiger charge is -2.29.